The molecule has 1 N–H and O–H groups in total. The van der Waals surface area contributed by atoms with Gasteiger partial charge < -0.3 is 10.1 Å². The predicted molar refractivity (Wildman–Crippen MR) is 86.3 cm³/mol. The van der Waals surface area contributed by atoms with Gasteiger partial charge >= 0.3 is 0 Å². The molecule has 1 unspecified atom stereocenters. The van der Waals surface area contributed by atoms with Crippen molar-refractivity contribution in [1.29, 1.82) is 5.26 Å². The molecule has 0 aliphatic carbocycles. The summed E-state index contributed by atoms with van der Waals surface area (Å²) in [5, 5.41) is 12.9. The number of ether oxygens (including phenoxy) is 1. The maximum absolute atomic E-state index is 9.42. The summed E-state index contributed by atoms with van der Waals surface area (Å²) in [5.74, 6) is 1.40. The molecule has 0 amide bonds. The first kappa shape index (κ1) is 16.9. The Morgan fingerprint density at radius 3 is 2.65 bits per heavy atom. The number of rotatable bonds is 8. The van der Waals surface area contributed by atoms with Crippen molar-refractivity contribution < 1.29 is 4.74 Å². The molecular weight excluding hydrogens is 268 g/mol. The summed E-state index contributed by atoms with van der Waals surface area (Å²) in [6.07, 6.45) is 0. The van der Waals surface area contributed by atoms with E-state index in [-0.39, 0.29) is 6.04 Å². The zero-order valence-electron chi connectivity index (χ0n) is 12.8. The summed E-state index contributed by atoms with van der Waals surface area (Å²) in [6, 6.07) is 8.51. The van der Waals surface area contributed by atoms with Gasteiger partial charge in [-0.25, -0.2) is 0 Å². The molecule has 0 bridgehead atoms. The SMILES string of the molecule is CCOCC(Nc1cccc(SCC)c1C#N)C(C)C. The van der Waals surface area contributed by atoms with Crippen molar-refractivity contribution >= 4 is 17.4 Å². The Kier molecular flexibility index (Phi) is 7.50. The lowest BCUT2D eigenvalue weighted by atomic mass is 10.0. The summed E-state index contributed by atoms with van der Waals surface area (Å²) in [6.45, 7) is 9.78. The average Bonchev–Trinajstić information content (AvgIpc) is 2.43. The Bertz CT molecular complexity index is 454. The molecule has 0 saturated carbocycles. The number of thioether (sulfide) groups is 1. The summed E-state index contributed by atoms with van der Waals surface area (Å²) in [4.78, 5) is 1.04. The summed E-state index contributed by atoms with van der Waals surface area (Å²) in [5.41, 5.74) is 1.64. The fourth-order valence-electron chi connectivity index (χ4n) is 1.89. The normalized spacial score (nSPS) is 12.2. The lowest BCUT2D eigenvalue weighted by molar-refractivity contribution is 0.127. The molecule has 0 radical (unpaired) electrons. The Morgan fingerprint density at radius 2 is 2.10 bits per heavy atom. The van der Waals surface area contributed by atoms with Crippen LogP contribution in [0.2, 0.25) is 0 Å². The number of nitrogens with one attached hydrogen (secondary N) is 1. The van der Waals surface area contributed by atoms with Gasteiger partial charge in [-0.2, -0.15) is 5.26 Å². The minimum absolute atomic E-state index is 0.212. The van der Waals surface area contributed by atoms with E-state index in [2.05, 4.69) is 32.2 Å². The monoisotopic (exact) mass is 292 g/mol. The Labute approximate surface area is 126 Å². The number of hydrogen-bond donors (Lipinski definition) is 1. The van der Waals surface area contributed by atoms with Gasteiger partial charge in [0.25, 0.3) is 0 Å². The van der Waals surface area contributed by atoms with E-state index >= 15 is 0 Å². The molecule has 1 rings (SSSR count). The van der Waals surface area contributed by atoms with Crippen molar-refractivity contribution in [3.8, 4) is 6.07 Å². The van der Waals surface area contributed by atoms with Crippen LogP contribution in [0, 0.1) is 17.2 Å². The number of anilines is 1. The zero-order chi connectivity index (χ0) is 15.0. The van der Waals surface area contributed by atoms with E-state index in [0.717, 1.165) is 21.9 Å². The number of benzene rings is 1. The van der Waals surface area contributed by atoms with Crippen LogP contribution >= 0.6 is 11.8 Å². The van der Waals surface area contributed by atoms with E-state index in [1.807, 2.05) is 25.1 Å². The third-order valence-electron chi connectivity index (χ3n) is 3.09. The van der Waals surface area contributed by atoms with Gasteiger partial charge in [0.2, 0.25) is 0 Å². The second-order valence-electron chi connectivity index (χ2n) is 4.88. The lowest BCUT2D eigenvalue weighted by Crippen LogP contribution is -2.31. The van der Waals surface area contributed by atoms with Gasteiger partial charge in [-0.15, -0.1) is 11.8 Å². The van der Waals surface area contributed by atoms with Crippen LogP contribution in [-0.2, 0) is 4.74 Å². The Balaban J connectivity index is 2.94. The van der Waals surface area contributed by atoms with Gasteiger partial charge in [-0.3, -0.25) is 0 Å². The van der Waals surface area contributed by atoms with Crippen LogP contribution in [0.5, 0.6) is 0 Å². The molecular formula is C16H24N2OS. The second-order valence-corrected chi connectivity index (χ2v) is 6.18. The predicted octanol–water partition coefficient (Wildman–Crippen LogP) is 4.14. The first-order valence-electron chi connectivity index (χ1n) is 7.14. The maximum atomic E-state index is 9.42. The van der Waals surface area contributed by atoms with E-state index in [4.69, 9.17) is 4.74 Å². The molecule has 1 atom stereocenters. The third kappa shape index (κ3) is 4.73. The summed E-state index contributed by atoms with van der Waals surface area (Å²) < 4.78 is 5.53. The van der Waals surface area contributed by atoms with Crippen LogP contribution in [0.1, 0.15) is 33.3 Å². The minimum atomic E-state index is 0.212. The molecule has 0 aromatic heterocycles. The highest BCUT2D eigenvalue weighted by molar-refractivity contribution is 7.99. The molecule has 110 valence electrons. The van der Waals surface area contributed by atoms with E-state index in [9.17, 15) is 5.26 Å². The van der Waals surface area contributed by atoms with E-state index in [1.54, 1.807) is 11.8 Å². The molecule has 3 nitrogen and oxygen atoms in total. The number of nitriles is 1. The van der Waals surface area contributed by atoms with Crippen LogP contribution in [-0.4, -0.2) is 25.0 Å². The van der Waals surface area contributed by atoms with Crippen molar-refractivity contribution in [1.82, 2.24) is 0 Å². The van der Waals surface area contributed by atoms with E-state index < -0.39 is 0 Å². The second kappa shape index (κ2) is 8.89. The highest BCUT2D eigenvalue weighted by Gasteiger charge is 2.16. The summed E-state index contributed by atoms with van der Waals surface area (Å²) >= 11 is 1.70. The Morgan fingerprint density at radius 1 is 1.35 bits per heavy atom. The van der Waals surface area contributed by atoms with Crippen molar-refractivity contribution in [3.05, 3.63) is 23.8 Å². The van der Waals surface area contributed by atoms with Gasteiger partial charge in [0.05, 0.1) is 23.9 Å². The number of hydrogen-bond acceptors (Lipinski definition) is 4. The highest BCUT2D eigenvalue weighted by Crippen LogP contribution is 2.28. The summed E-state index contributed by atoms with van der Waals surface area (Å²) in [7, 11) is 0. The molecule has 1 aromatic carbocycles. The van der Waals surface area contributed by atoms with Gasteiger partial charge in [0, 0.05) is 11.5 Å². The average molecular weight is 292 g/mol. The first-order valence-corrected chi connectivity index (χ1v) is 8.12. The molecule has 0 aliphatic rings. The molecule has 0 heterocycles. The molecule has 0 saturated heterocycles. The van der Waals surface area contributed by atoms with Crippen LogP contribution in [0.3, 0.4) is 0 Å². The molecule has 0 aliphatic heterocycles. The number of nitrogens with zero attached hydrogens (tertiary/aromatic N) is 1. The maximum Gasteiger partial charge on any atom is 0.102 e. The van der Waals surface area contributed by atoms with Gasteiger partial charge in [-0.1, -0.05) is 26.8 Å². The minimum Gasteiger partial charge on any atom is -0.380 e. The molecule has 0 spiro atoms. The Hall–Kier alpha value is -1.18. The fraction of sp³-hybridized carbons (Fsp3) is 0.562. The largest absolute Gasteiger partial charge is 0.380 e. The molecule has 0 fully saturated rings. The van der Waals surface area contributed by atoms with Crippen molar-refractivity contribution in [2.45, 2.75) is 38.6 Å². The van der Waals surface area contributed by atoms with Crippen LogP contribution < -0.4 is 5.32 Å². The van der Waals surface area contributed by atoms with Crippen molar-refractivity contribution in [2.75, 3.05) is 24.3 Å². The quantitative estimate of drug-likeness (QED) is 0.731. The molecule has 1 aromatic rings. The fourth-order valence-corrected chi connectivity index (χ4v) is 2.67. The highest BCUT2D eigenvalue weighted by atomic mass is 32.2. The van der Waals surface area contributed by atoms with E-state index in [1.165, 1.54) is 0 Å². The molecule has 4 heteroatoms. The molecule has 20 heavy (non-hydrogen) atoms. The van der Waals surface area contributed by atoms with Crippen molar-refractivity contribution in [2.24, 2.45) is 5.92 Å². The van der Waals surface area contributed by atoms with Crippen LogP contribution in [0.25, 0.3) is 0 Å². The van der Waals surface area contributed by atoms with Gasteiger partial charge in [0.1, 0.15) is 6.07 Å². The van der Waals surface area contributed by atoms with Crippen molar-refractivity contribution in [3.63, 3.8) is 0 Å². The van der Waals surface area contributed by atoms with Gasteiger partial charge in [-0.05, 0) is 30.7 Å². The van der Waals surface area contributed by atoms with E-state index in [0.29, 0.717) is 19.1 Å². The standard InChI is InChI=1S/C16H24N2OS/c1-5-19-11-15(12(3)4)18-14-8-7-9-16(20-6-2)13(14)10-17/h7-9,12,15,18H,5-6,11H2,1-4H3. The smallest absolute Gasteiger partial charge is 0.102 e. The van der Waals surface area contributed by atoms with Crippen LogP contribution in [0.15, 0.2) is 23.1 Å². The van der Waals surface area contributed by atoms with Gasteiger partial charge in [0.15, 0.2) is 0 Å². The van der Waals surface area contributed by atoms with Crippen LogP contribution in [0.4, 0.5) is 5.69 Å². The first-order chi connectivity index (χ1) is 9.63. The topological polar surface area (TPSA) is 45.0 Å². The third-order valence-corrected chi connectivity index (χ3v) is 4.02. The zero-order valence-corrected chi connectivity index (χ0v) is 13.6. The lowest BCUT2D eigenvalue weighted by Gasteiger charge is -2.24.